The van der Waals surface area contributed by atoms with Gasteiger partial charge >= 0.3 is 5.97 Å². The minimum absolute atomic E-state index is 0.0680. The number of hydrogen-bond acceptors (Lipinski definition) is 7. The van der Waals surface area contributed by atoms with E-state index in [2.05, 4.69) is 27.1 Å². The molecule has 0 saturated carbocycles. The Labute approximate surface area is 134 Å². The second-order valence-electron chi connectivity index (χ2n) is 5.25. The molecule has 1 fully saturated rings. The average molecular weight is 326 g/mol. The summed E-state index contributed by atoms with van der Waals surface area (Å²) in [5, 5.41) is 5.08. The van der Waals surface area contributed by atoms with Crippen LogP contribution in [0.2, 0.25) is 0 Å². The molecule has 1 aromatic heterocycles. The summed E-state index contributed by atoms with van der Waals surface area (Å²) in [6.07, 6.45) is 0.138. The highest BCUT2D eigenvalue weighted by Crippen LogP contribution is 2.16. The third-order valence-electron chi connectivity index (χ3n) is 3.39. The number of thiazole rings is 1. The van der Waals surface area contributed by atoms with Crippen molar-refractivity contribution in [3.8, 4) is 0 Å². The second kappa shape index (κ2) is 8.21. The van der Waals surface area contributed by atoms with E-state index in [4.69, 9.17) is 4.74 Å². The molecule has 8 heteroatoms. The largest absolute Gasteiger partial charge is 0.466 e. The van der Waals surface area contributed by atoms with Gasteiger partial charge in [-0.15, -0.1) is 11.3 Å². The van der Waals surface area contributed by atoms with Gasteiger partial charge in [-0.1, -0.05) is 0 Å². The minimum atomic E-state index is -0.303. The first-order valence-corrected chi connectivity index (χ1v) is 8.25. The van der Waals surface area contributed by atoms with Gasteiger partial charge in [0, 0.05) is 31.6 Å². The number of hydrogen-bond donors (Lipinski definition) is 1. The highest BCUT2D eigenvalue weighted by atomic mass is 32.1. The van der Waals surface area contributed by atoms with E-state index in [0.717, 1.165) is 26.2 Å². The zero-order chi connectivity index (χ0) is 15.9. The summed E-state index contributed by atoms with van der Waals surface area (Å²) in [5.41, 5.74) is 0.623. The molecule has 1 aliphatic rings. The standard InChI is InChI=1S/C14H22N4O3S/c1-3-21-13(20)8-11-10-22-14(15-11)16-12(19)9-18-6-4-17(2)5-7-18/h10H,3-9H2,1-2H3,(H,15,16,19). The summed E-state index contributed by atoms with van der Waals surface area (Å²) >= 11 is 1.32. The van der Waals surface area contributed by atoms with Crippen molar-refractivity contribution in [2.75, 3.05) is 51.7 Å². The van der Waals surface area contributed by atoms with E-state index in [1.54, 1.807) is 12.3 Å². The fourth-order valence-corrected chi connectivity index (χ4v) is 2.90. The Kier molecular flexibility index (Phi) is 6.29. The van der Waals surface area contributed by atoms with Crippen LogP contribution in [0.5, 0.6) is 0 Å². The van der Waals surface area contributed by atoms with E-state index in [-0.39, 0.29) is 18.3 Å². The molecule has 2 rings (SSSR count). The number of piperazine rings is 1. The summed E-state index contributed by atoms with van der Waals surface area (Å²) < 4.78 is 4.87. The van der Waals surface area contributed by atoms with Crippen molar-refractivity contribution in [3.63, 3.8) is 0 Å². The van der Waals surface area contributed by atoms with E-state index >= 15 is 0 Å². The zero-order valence-electron chi connectivity index (χ0n) is 13.0. The van der Waals surface area contributed by atoms with Crippen LogP contribution in [0.1, 0.15) is 12.6 Å². The number of carbonyl (C=O) groups excluding carboxylic acids is 2. The fourth-order valence-electron chi connectivity index (χ4n) is 2.17. The third kappa shape index (κ3) is 5.36. The van der Waals surface area contributed by atoms with Gasteiger partial charge in [0.2, 0.25) is 5.91 Å². The van der Waals surface area contributed by atoms with Crippen molar-refractivity contribution in [1.82, 2.24) is 14.8 Å². The van der Waals surface area contributed by atoms with Gasteiger partial charge in [-0.05, 0) is 14.0 Å². The minimum Gasteiger partial charge on any atom is -0.466 e. The lowest BCUT2D eigenvalue weighted by Crippen LogP contribution is -2.47. The van der Waals surface area contributed by atoms with Gasteiger partial charge in [0.15, 0.2) is 5.13 Å². The maximum absolute atomic E-state index is 12.0. The number of likely N-dealkylation sites (N-methyl/N-ethyl adjacent to an activating group) is 1. The Balaban J connectivity index is 1.77. The first kappa shape index (κ1) is 16.9. The number of nitrogens with one attached hydrogen (secondary N) is 1. The van der Waals surface area contributed by atoms with Crippen LogP contribution in [0.25, 0.3) is 0 Å². The molecule has 2 heterocycles. The number of nitrogens with zero attached hydrogens (tertiary/aromatic N) is 3. The number of anilines is 1. The SMILES string of the molecule is CCOC(=O)Cc1csc(NC(=O)CN2CCN(C)CC2)n1. The van der Waals surface area contributed by atoms with Crippen LogP contribution in [0.15, 0.2) is 5.38 Å². The Morgan fingerprint density at radius 2 is 2.09 bits per heavy atom. The van der Waals surface area contributed by atoms with Crippen LogP contribution >= 0.6 is 11.3 Å². The van der Waals surface area contributed by atoms with E-state index in [1.165, 1.54) is 11.3 Å². The molecule has 0 atom stereocenters. The number of rotatable bonds is 6. The lowest BCUT2D eigenvalue weighted by molar-refractivity contribution is -0.142. The van der Waals surface area contributed by atoms with Crippen molar-refractivity contribution in [2.45, 2.75) is 13.3 Å². The van der Waals surface area contributed by atoms with Crippen molar-refractivity contribution in [1.29, 1.82) is 0 Å². The van der Waals surface area contributed by atoms with Gasteiger partial charge in [-0.2, -0.15) is 0 Å². The van der Waals surface area contributed by atoms with E-state index in [1.807, 2.05) is 0 Å². The van der Waals surface area contributed by atoms with Gasteiger partial charge in [0.25, 0.3) is 0 Å². The van der Waals surface area contributed by atoms with Crippen molar-refractivity contribution < 1.29 is 14.3 Å². The Morgan fingerprint density at radius 3 is 2.77 bits per heavy atom. The third-order valence-corrected chi connectivity index (χ3v) is 4.20. The number of ether oxygens (including phenoxy) is 1. The van der Waals surface area contributed by atoms with Crippen LogP contribution in [-0.2, 0) is 20.7 Å². The van der Waals surface area contributed by atoms with E-state index in [0.29, 0.717) is 24.0 Å². The van der Waals surface area contributed by atoms with Crippen LogP contribution in [-0.4, -0.2) is 73.0 Å². The smallest absolute Gasteiger partial charge is 0.311 e. The lowest BCUT2D eigenvalue weighted by Gasteiger charge is -2.31. The van der Waals surface area contributed by atoms with Crippen LogP contribution in [0, 0.1) is 0 Å². The summed E-state index contributed by atoms with van der Waals surface area (Å²) in [4.78, 5) is 32.0. The molecule has 1 amide bonds. The maximum Gasteiger partial charge on any atom is 0.311 e. The van der Waals surface area contributed by atoms with Crippen LogP contribution < -0.4 is 5.32 Å². The molecule has 22 heavy (non-hydrogen) atoms. The zero-order valence-corrected chi connectivity index (χ0v) is 13.8. The highest BCUT2D eigenvalue weighted by molar-refractivity contribution is 7.13. The normalized spacial score (nSPS) is 16.5. The van der Waals surface area contributed by atoms with Gasteiger partial charge in [-0.25, -0.2) is 4.98 Å². The molecule has 0 bridgehead atoms. The lowest BCUT2D eigenvalue weighted by atomic mass is 10.3. The summed E-state index contributed by atoms with van der Waals surface area (Å²) in [6, 6.07) is 0. The topological polar surface area (TPSA) is 74.8 Å². The quantitative estimate of drug-likeness (QED) is 0.765. The molecular formula is C14H22N4O3S. The Morgan fingerprint density at radius 1 is 1.36 bits per heavy atom. The monoisotopic (exact) mass is 326 g/mol. The van der Waals surface area contributed by atoms with E-state index < -0.39 is 0 Å². The first-order valence-electron chi connectivity index (χ1n) is 7.37. The Bertz CT molecular complexity index is 512. The summed E-state index contributed by atoms with van der Waals surface area (Å²) in [7, 11) is 2.08. The first-order chi connectivity index (χ1) is 10.6. The fraction of sp³-hybridized carbons (Fsp3) is 0.643. The second-order valence-corrected chi connectivity index (χ2v) is 6.11. The van der Waals surface area contributed by atoms with Gasteiger partial charge in [0.1, 0.15) is 0 Å². The predicted molar refractivity (Wildman–Crippen MR) is 85.0 cm³/mol. The molecule has 0 aromatic carbocycles. The predicted octanol–water partition coefficient (Wildman–Crippen LogP) is 0.435. The molecule has 122 valence electrons. The molecule has 1 saturated heterocycles. The van der Waals surface area contributed by atoms with Gasteiger partial charge in [0.05, 0.1) is 25.3 Å². The van der Waals surface area contributed by atoms with Gasteiger partial charge < -0.3 is 15.0 Å². The van der Waals surface area contributed by atoms with Crippen molar-refractivity contribution in [3.05, 3.63) is 11.1 Å². The molecule has 0 aliphatic carbocycles. The molecule has 1 aliphatic heterocycles. The molecule has 1 N–H and O–H groups in total. The van der Waals surface area contributed by atoms with E-state index in [9.17, 15) is 9.59 Å². The van der Waals surface area contributed by atoms with Crippen LogP contribution in [0.3, 0.4) is 0 Å². The molecule has 1 aromatic rings. The summed E-state index contributed by atoms with van der Waals surface area (Å²) in [6.45, 7) is 6.26. The molecule has 0 radical (unpaired) electrons. The number of aromatic nitrogens is 1. The Hall–Kier alpha value is -1.51. The van der Waals surface area contributed by atoms with Crippen molar-refractivity contribution >= 4 is 28.3 Å². The number of amides is 1. The molecule has 0 unspecified atom stereocenters. The summed E-state index contributed by atoms with van der Waals surface area (Å²) in [5.74, 6) is -0.371. The molecule has 7 nitrogen and oxygen atoms in total. The van der Waals surface area contributed by atoms with Gasteiger partial charge in [-0.3, -0.25) is 14.5 Å². The number of esters is 1. The maximum atomic E-state index is 12.0. The number of carbonyl (C=O) groups is 2. The molecule has 0 spiro atoms. The van der Waals surface area contributed by atoms with Crippen molar-refractivity contribution in [2.24, 2.45) is 0 Å². The average Bonchev–Trinajstić information content (AvgIpc) is 2.88. The van der Waals surface area contributed by atoms with Crippen LogP contribution in [0.4, 0.5) is 5.13 Å². The molecular weight excluding hydrogens is 304 g/mol. The highest BCUT2D eigenvalue weighted by Gasteiger charge is 2.17.